The first-order valence-electron chi connectivity index (χ1n) is 7.86. The Labute approximate surface area is 144 Å². The maximum Gasteiger partial charge on any atom is 0.246 e. The standard InChI is InChI=1S/C16H21F2N5O2/c1-4-24-10(2)15-22-14(25-23-15)9-21-16(19-3)20-8-11-7-12(17)5-6-13(11)18/h5-7,10H,4,8-9H2,1-3H3,(H2,19,20,21). The summed E-state index contributed by atoms with van der Waals surface area (Å²) >= 11 is 0. The van der Waals surface area contributed by atoms with Crippen molar-refractivity contribution < 1.29 is 18.0 Å². The van der Waals surface area contributed by atoms with Gasteiger partial charge in [-0.2, -0.15) is 4.98 Å². The number of guanidine groups is 1. The van der Waals surface area contributed by atoms with Crippen molar-refractivity contribution in [3.63, 3.8) is 0 Å². The van der Waals surface area contributed by atoms with Gasteiger partial charge in [0.05, 0.1) is 6.54 Å². The molecule has 25 heavy (non-hydrogen) atoms. The molecule has 0 aliphatic heterocycles. The maximum atomic E-state index is 13.6. The fourth-order valence-corrected chi connectivity index (χ4v) is 2.07. The largest absolute Gasteiger partial charge is 0.371 e. The van der Waals surface area contributed by atoms with Crippen LogP contribution in [0.15, 0.2) is 27.7 Å². The number of hydrogen-bond donors (Lipinski definition) is 2. The highest BCUT2D eigenvalue weighted by Gasteiger charge is 2.14. The number of nitrogens with zero attached hydrogens (tertiary/aromatic N) is 3. The molecule has 0 radical (unpaired) electrons. The van der Waals surface area contributed by atoms with Crippen LogP contribution in [-0.2, 0) is 17.8 Å². The van der Waals surface area contributed by atoms with Crippen molar-refractivity contribution in [3.05, 3.63) is 47.1 Å². The van der Waals surface area contributed by atoms with E-state index in [2.05, 4.69) is 25.8 Å². The molecule has 1 unspecified atom stereocenters. The van der Waals surface area contributed by atoms with E-state index >= 15 is 0 Å². The van der Waals surface area contributed by atoms with E-state index in [1.54, 1.807) is 7.05 Å². The van der Waals surface area contributed by atoms with Gasteiger partial charge in [0, 0.05) is 25.8 Å². The number of benzene rings is 1. The number of hydrogen-bond acceptors (Lipinski definition) is 5. The Kier molecular flexibility index (Phi) is 6.81. The summed E-state index contributed by atoms with van der Waals surface area (Å²) in [6, 6.07) is 3.29. The lowest BCUT2D eigenvalue weighted by atomic mass is 10.2. The van der Waals surface area contributed by atoms with Crippen molar-refractivity contribution in [1.29, 1.82) is 0 Å². The summed E-state index contributed by atoms with van der Waals surface area (Å²) in [5.41, 5.74) is 0.202. The summed E-state index contributed by atoms with van der Waals surface area (Å²) in [6.45, 7) is 4.59. The normalized spacial score (nSPS) is 12.9. The highest BCUT2D eigenvalue weighted by molar-refractivity contribution is 5.79. The first-order valence-corrected chi connectivity index (χ1v) is 7.86. The highest BCUT2D eigenvalue weighted by Crippen LogP contribution is 2.12. The Bertz CT molecular complexity index is 720. The summed E-state index contributed by atoms with van der Waals surface area (Å²) in [4.78, 5) is 8.23. The van der Waals surface area contributed by atoms with Gasteiger partial charge in [0.25, 0.3) is 0 Å². The van der Waals surface area contributed by atoms with Crippen LogP contribution in [0.25, 0.3) is 0 Å². The quantitative estimate of drug-likeness (QED) is 0.587. The maximum absolute atomic E-state index is 13.6. The zero-order valence-corrected chi connectivity index (χ0v) is 14.3. The number of ether oxygens (including phenoxy) is 1. The molecule has 2 N–H and O–H groups in total. The smallest absolute Gasteiger partial charge is 0.246 e. The molecule has 0 spiro atoms. The van der Waals surface area contributed by atoms with Crippen molar-refractivity contribution in [2.75, 3.05) is 13.7 Å². The molecule has 1 atom stereocenters. The molecule has 2 rings (SSSR count). The van der Waals surface area contributed by atoms with Gasteiger partial charge in [0.15, 0.2) is 11.8 Å². The number of nitrogens with one attached hydrogen (secondary N) is 2. The molecule has 0 fully saturated rings. The predicted octanol–water partition coefficient (Wildman–Crippen LogP) is 2.31. The van der Waals surface area contributed by atoms with E-state index in [0.717, 1.165) is 18.2 Å². The van der Waals surface area contributed by atoms with Crippen LogP contribution in [0.2, 0.25) is 0 Å². The minimum atomic E-state index is -0.497. The zero-order chi connectivity index (χ0) is 18.2. The fourth-order valence-electron chi connectivity index (χ4n) is 2.07. The SMILES string of the molecule is CCOC(C)c1noc(CNC(=NC)NCc2cc(F)ccc2F)n1. The van der Waals surface area contributed by atoms with Crippen molar-refractivity contribution in [1.82, 2.24) is 20.8 Å². The van der Waals surface area contributed by atoms with Crippen molar-refractivity contribution in [2.45, 2.75) is 33.0 Å². The number of halogens is 2. The summed E-state index contributed by atoms with van der Waals surface area (Å²) < 4.78 is 37.3. The Morgan fingerprint density at radius 2 is 2.08 bits per heavy atom. The average molecular weight is 353 g/mol. The Hall–Kier alpha value is -2.55. The van der Waals surface area contributed by atoms with Crippen LogP contribution in [0.1, 0.15) is 37.2 Å². The first-order chi connectivity index (χ1) is 12.0. The van der Waals surface area contributed by atoms with Crippen LogP contribution in [-0.4, -0.2) is 29.8 Å². The lowest BCUT2D eigenvalue weighted by Gasteiger charge is -2.11. The Morgan fingerprint density at radius 1 is 1.32 bits per heavy atom. The van der Waals surface area contributed by atoms with Gasteiger partial charge in [-0.3, -0.25) is 4.99 Å². The lowest BCUT2D eigenvalue weighted by molar-refractivity contribution is 0.0683. The van der Waals surface area contributed by atoms with E-state index in [1.165, 1.54) is 0 Å². The number of aliphatic imine (C=N–C) groups is 1. The average Bonchev–Trinajstić information content (AvgIpc) is 3.07. The van der Waals surface area contributed by atoms with Gasteiger partial charge >= 0.3 is 0 Å². The Balaban J connectivity index is 1.87. The summed E-state index contributed by atoms with van der Waals surface area (Å²) in [5, 5.41) is 9.70. The summed E-state index contributed by atoms with van der Waals surface area (Å²) in [6.07, 6.45) is -0.254. The van der Waals surface area contributed by atoms with Gasteiger partial charge in [-0.25, -0.2) is 8.78 Å². The van der Waals surface area contributed by atoms with E-state index in [1.807, 2.05) is 13.8 Å². The fraction of sp³-hybridized carbons (Fsp3) is 0.438. The third-order valence-corrected chi connectivity index (χ3v) is 3.35. The van der Waals surface area contributed by atoms with Crippen molar-refractivity contribution >= 4 is 5.96 Å². The predicted molar refractivity (Wildman–Crippen MR) is 87.7 cm³/mol. The zero-order valence-electron chi connectivity index (χ0n) is 14.3. The van der Waals surface area contributed by atoms with Gasteiger partial charge in [-0.15, -0.1) is 0 Å². The van der Waals surface area contributed by atoms with E-state index in [0.29, 0.717) is 24.3 Å². The van der Waals surface area contributed by atoms with E-state index < -0.39 is 11.6 Å². The Morgan fingerprint density at radius 3 is 2.80 bits per heavy atom. The molecule has 0 saturated carbocycles. The molecule has 0 saturated heterocycles. The molecular formula is C16H21F2N5O2. The van der Waals surface area contributed by atoms with E-state index in [-0.39, 0.29) is 24.8 Å². The molecule has 9 heteroatoms. The second-order valence-electron chi connectivity index (χ2n) is 5.16. The van der Waals surface area contributed by atoms with Gasteiger partial charge in [-0.05, 0) is 32.0 Å². The molecular weight excluding hydrogens is 332 g/mol. The molecule has 1 aromatic carbocycles. The topological polar surface area (TPSA) is 84.6 Å². The highest BCUT2D eigenvalue weighted by atomic mass is 19.1. The molecule has 1 heterocycles. The minimum absolute atomic E-state index is 0.0831. The molecule has 1 aromatic heterocycles. The van der Waals surface area contributed by atoms with Crippen LogP contribution in [0.5, 0.6) is 0 Å². The van der Waals surface area contributed by atoms with E-state index in [9.17, 15) is 8.78 Å². The first kappa shape index (κ1) is 18.8. The molecule has 7 nitrogen and oxygen atoms in total. The molecule has 2 aromatic rings. The second kappa shape index (κ2) is 9.07. The van der Waals surface area contributed by atoms with E-state index in [4.69, 9.17) is 9.26 Å². The van der Waals surface area contributed by atoms with Gasteiger partial charge in [-0.1, -0.05) is 5.16 Å². The number of aromatic nitrogens is 2. The molecule has 0 amide bonds. The van der Waals surface area contributed by atoms with Crippen molar-refractivity contribution in [3.8, 4) is 0 Å². The van der Waals surface area contributed by atoms with Gasteiger partial charge in [0.1, 0.15) is 17.7 Å². The third kappa shape index (κ3) is 5.49. The molecule has 136 valence electrons. The second-order valence-corrected chi connectivity index (χ2v) is 5.16. The van der Waals surface area contributed by atoms with Gasteiger partial charge < -0.3 is 19.9 Å². The van der Waals surface area contributed by atoms with Crippen molar-refractivity contribution in [2.24, 2.45) is 4.99 Å². The third-order valence-electron chi connectivity index (χ3n) is 3.35. The lowest BCUT2D eigenvalue weighted by Crippen LogP contribution is -2.36. The summed E-state index contributed by atoms with van der Waals surface area (Å²) in [7, 11) is 1.56. The van der Waals surface area contributed by atoms with Crippen LogP contribution in [0.3, 0.4) is 0 Å². The molecule has 0 aliphatic rings. The van der Waals surface area contributed by atoms with Crippen LogP contribution in [0, 0.1) is 11.6 Å². The van der Waals surface area contributed by atoms with Gasteiger partial charge in [0.2, 0.25) is 5.89 Å². The monoisotopic (exact) mass is 353 g/mol. The number of rotatable bonds is 7. The molecule has 0 aliphatic carbocycles. The minimum Gasteiger partial charge on any atom is -0.371 e. The van der Waals surface area contributed by atoms with Crippen LogP contribution >= 0.6 is 0 Å². The van der Waals surface area contributed by atoms with Crippen LogP contribution in [0.4, 0.5) is 8.78 Å². The van der Waals surface area contributed by atoms with Crippen LogP contribution < -0.4 is 10.6 Å². The summed E-state index contributed by atoms with van der Waals surface area (Å²) in [5.74, 6) is 0.227. The molecule has 0 bridgehead atoms.